The van der Waals surface area contributed by atoms with Gasteiger partial charge in [0.05, 0.1) is 0 Å². The van der Waals surface area contributed by atoms with E-state index < -0.39 is 0 Å². The molecule has 0 fully saturated rings. The van der Waals surface area contributed by atoms with E-state index in [1.54, 1.807) is 0 Å². The molecule has 0 amide bonds. The van der Waals surface area contributed by atoms with Crippen molar-refractivity contribution in [3.63, 3.8) is 0 Å². The standard InChI is InChI=1S/C14H12Br2.C8H8Br2.C2H6/c15-9-11-5-1-3-7-13(11)14-8-4-2-6-12(14)10-16;9-5-7-1-2-8(6-10)4-3-7;1-2/h1-8H,9-10H2;1-4H,5-6H2;1-2H3. The second kappa shape index (κ2) is 15.4. The lowest BCUT2D eigenvalue weighted by molar-refractivity contribution is 1.36. The molecule has 0 saturated carbocycles. The Morgan fingerprint density at radius 1 is 0.464 bits per heavy atom. The zero-order valence-corrected chi connectivity index (χ0v) is 22.6. The predicted molar refractivity (Wildman–Crippen MR) is 140 cm³/mol. The van der Waals surface area contributed by atoms with Crippen LogP contribution in [0.4, 0.5) is 0 Å². The van der Waals surface area contributed by atoms with E-state index in [-0.39, 0.29) is 0 Å². The van der Waals surface area contributed by atoms with Gasteiger partial charge in [0, 0.05) is 21.3 Å². The molecule has 3 aromatic rings. The first-order valence-corrected chi connectivity index (χ1v) is 13.7. The van der Waals surface area contributed by atoms with Crippen molar-refractivity contribution in [2.75, 3.05) is 0 Å². The average molecular weight is 634 g/mol. The Labute approximate surface area is 203 Å². The van der Waals surface area contributed by atoms with Gasteiger partial charge in [-0.3, -0.25) is 0 Å². The molecule has 0 radical (unpaired) electrons. The molecule has 3 aromatic carbocycles. The van der Waals surface area contributed by atoms with Crippen molar-refractivity contribution in [1.82, 2.24) is 0 Å². The molecule has 0 nitrogen and oxygen atoms in total. The van der Waals surface area contributed by atoms with Crippen LogP contribution in [0.5, 0.6) is 0 Å². The fourth-order valence-corrected chi connectivity index (χ4v) is 4.24. The second-order valence-electron chi connectivity index (χ2n) is 5.67. The summed E-state index contributed by atoms with van der Waals surface area (Å²) >= 11 is 13.9. The van der Waals surface area contributed by atoms with Crippen LogP contribution in [0.15, 0.2) is 72.8 Å². The van der Waals surface area contributed by atoms with Crippen molar-refractivity contribution < 1.29 is 0 Å². The third-order valence-corrected chi connectivity index (χ3v) is 6.45. The van der Waals surface area contributed by atoms with E-state index in [0.717, 1.165) is 21.3 Å². The number of hydrogen-bond donors (Lipinski definition) is 0. The normalized spacial score (nSPS) is 9.64. The van der Waals surface area contributed by atoms with Crippen LogP contribution >= 0.6 is 63.7 Å². The van der Waals surface area contributed by atoms with Crippen LogP contribution in [0.2, 0.25) is 0 Å². The minimum atomic E-state index is 0.889. The summed E-state index contributed by atoms with van der Waals surface area (Å²) in [5.74, 6) is 0. The van der Waals surface area contributed by atoms with Crippen LogP contribution in [0, 0.1) is 0 Å². The van der Waals surface area contributed by atoms with Crippen LogP contribution < -0.4 is 0 Å². The molecular weight excluding hydrogens is 608 g/mol. The summed E-state index contributed by atoms with van der Waals surface area (Å²) in [5, 5.41) is 3.66. The molecule has 0 heterocycles. The van der Waals surface area contributed by atoms with Crippen molar-refractivity contribution in [2.45, 2.75) is 35.2 Å². The second-order valence-corrected chi connectivity index (χ2v) is 7.91. The first kappa shape index (κ1) is 25.6. The highest BCUT2D eigenvalue weighted by Crippen LogP contribution is 2.29. The molecule has 150 valence electrons. The maximum absolute atomic E-state index is 3.54. The van der Waals surface area contributed by atoms with Crippen molar-refractivity contribution in [3.05, 3.63) is 95.1 Å². The molecule has 0 N–H and O–H groups in total. The van der Waals surface area contributed by atoms with Crippen LogP contribution in [-0.2, 0) is 21.3 Å². The summed E-state index contributed by atoms with van der Waals surface area (Å²) in [6.07, 6.45) is 0. The Morgan fingerprint density at radius 2 is 0.786 bits per heavy atom. The summed E-state index contributed by atoms with van der Waals surface area (Å²) in [4.78, 5) is 0. The molecule has 3 rings (SSSR count). The molecular formula is C24H26Br4. The van der Waals surface area contributed by atoms with Gasteiger partial charge in [-0.2, -0.15) is 0 Å². The van der Waals surface area contributed by atoms with Gasteiger partial charge in [-0.1, -0.05) is 150 Å². The minimum Gasteiger partial charge on any atom is -0.0876 e. The maximum atomic E-state index is 3.54. The van der Waals surface area contributed by atoms with Crippen molar-refractivity contribution in [2.24, 2.45) is 0 Å². The molecule has 0 bridgehead atoms. The molecule has 0 unspecified atom stereocenters. The van der Waals surface area contributed by atoms with Crippen LogP contribution in [-0.4, -0.2) is 0 Å². The van der Waals surface area contributed by atoms with Crippen molar-refractivity contribution in [1.29, 1.82) is 0 Å². The summed E-state index contributed by atoms with van der Waals surface area (Å²) in [5.41, 5.74) is 7.94. The fourth-order valence-electron chi connectivity index (χ4n) is 2.52. The Hall–Kier alpha value is -0.420. The van der Waals surface area contributed by atoms with Crippen LogP contribution in [0.25, 0.3) is 11.1 Å². The molecule has 0 spiro atoms. The van der Waals surface area contributed by atoms with Crippen molar-refractivity contribution in [3.8, 4) is 11.1 Å². The Kier molecular flexibility index (Phi) is 14.1. The summed E-state index contributed by atoms with van der Waals surface area (Å²) < 4.78 is 0. The number of rotatable bonds is 5. The summed E-state index contributed by atoms with van der Waals surface area (Å²) in [6.45, 7) is 4.00. The molecule has 0 aliphatic heterocycles. The third-order valence-electron chi connectivity index (χ3n) is 3.94. The van der Waals surface area contributed by atoms with Gasteiger partial charge in [-0.15, -0.1) is 0 Å². The lowest BCUT2D eigenvalue weighted by Crippen LogP contribution is -1.89. The fraction of sp³-hybridized carbons (Fsp3) is 0.250. The van der Waals surface area contributed by atoms with E-state index in [1.807, 2.05) is 13.8 Å². The van der Waals surface area contributed by atoms with Gasteiger partial charge >= 0.3 is 0 Å². The molecule has 0 atom stereocenters. The van der Waals surface area contributed by atoms with Gasteiger partial charge in [0.15, 0.2) is 0 Å². The smallest absolute Gasteiger partial charge is 0.0289 e. The summed E-state index contributed by atoms with van der Waals surface area (Å²) in [7, 11) is 0. The largest absolute Gasteiger partial charge is 0.0876 e. The van der Waals surface area contributed by atoms with Crippen LogP contribution in [0.3, 0.4) is 0 Å². The Morgan fingerprint density at radius 3 is 1.07 bits per heavy atom. The number of halogens is 4. The van der Waals surface area contributed by atoms with Gasteiger partial charge in [0.25, 0.3) is 0 Å². The van der Waals surface area contributed by atoms with Gasteiger partial charge in [-0.05, 0) is 33.4 Å². The molecule has 0 saturated heterocycles. The van der Waals surface area contributed by atoms with E-state index in [4.69, 9.17) is 0 Å². The van der Waals surface area contributed by atoms with Gasteiger partial charge in [0.1, 0.15) is 0 Å². The first-order valence-electron chi connectivity index (χ1n) is 9.21. The zero-order chi connectivity index (χ0) is 20.8. The highest BCUT2D eigenvalue weighted by atomic mass is 79.9. The van der Waals surface area contributed by atoms with E-state index in [2.05, 4.69) is 137 Å². The molecule has 0 aromatic heterocycles. The topological polar surface area (TPSA) is 0 Å². The maximum Gasteiger partial charge on any atom is 0.0289 e. The van der Waals surface area contributed by atoms with Gasteiger partial charge < -0.3 is 0 Å². The minimum absolute atomic E-state index is 0.889. The van der Waals surface area contributed by atoms with E-state index in [1.165, 1.54) is 33.4 Å². The Balaban J connectivity index is 0.000000281. The quantitative estimate of drug-likeness (QED) is 0.246. The summed E-state index contributed by atoms with van der Waals surface area (Å²) in [6, 6.07) is 25.5. The number of alkyl halides is 4. The van der Waals surface area contributed by atoms with E-state index in [0.29, 0.717) is 0 Å². The van der Waals surface area contributed by atoms with E-state index in [9.17, 15) is 0 Å². The highest BCUT2D eigenvalue weighted by molar-refractivity contribution is 9.09. The van der Waals surface area contributed by atoms with Crippen LogP contribution in [0.1, 0.15) is 36.1 Å². The van der Waals surface area contributed by atoms with Gasteiger partial charge in [0.2, 0.25) is 0 Å². The number of hydrogen-bond acceptors (Lipinski definition) is 0. The van der Waals surface area contributed by atoms with Crippen molar-refractivity contribution >= 4 is 63.7 Å². The third kappa shape index (κ3) is 8.14. The number of benzene rings is 3. The molecule has 0 aliphatic carbocycles. The lowest BCUT2D eigenvalue weighted by atomic mass is 9.97. The molecule has 28 heavy (non-hydrogen) atoms. The zero-order valence-electron chi connectivity index (χ0n) is 16.3. The average Bonchev–Trinajstić information content (AvgIpc) is 2.80. The SMILES string of the molecule is BrCc1ccc(CBr)cc1.BrCc1ccccc1-c1ccccc1CBr.CC. The monoisotopic (exact) mass is 630 g/mol. The van der Waals surface area contributed by atoms with E-state index >= 15 is 0 Å². The first-order chi connectivity index (χ1) is 13.7. The molecule has 0 aliphatic rings. The molecule has 4 heteroatoms. The highest BCUT2D eigenvalue weighted by Gasteiger charge is 2.06. The predicted octanol–water partition coefficient (Wildman–Crippen LogP) is 9.65. The van der Waals surface area contributed by atoms with Gasteiger partial charge in [-0.25, -0.2) is 0 Å². The lowest BCUT2D eigenvalue weighted by Gasteiger charge is -2.10. The Bertz CT molecular complexity index is 729.